The van der Waals surface area contributed by atoms with Crippen LogP contribution >= 0.6 is 11.3 Å². The Hall–Kier alpha value is -2.06. The van der Waals surface area contributed by atoms with Crippen LogP contribution in [0.5, 0.6) is 5.75 Å². The van der Waals surface area contributed by atoms with E-state index in [0.29, 0.717) is 11.3 Å². The minimum Gasteiger partial charge on any atom is -0.508 e. The summed E-state index contributed by atoms with van der Waals surface area (Å²) < 4.78 is 26.1. The zero-order chi connectivity index (χ0) is 14.0. The maximum Gasteiger partial charge on any atom is 0.345 e. The van der Waals surface area contributed by atoms with Gasteiger partial charge >= 0.3 is 5.97 Å². The highest BCUT2D eigenvalue weighted by atomic mass is 32.2. The molecule has 0 aliphatic heterocycles. The molecule has 1 aromatic heterocycles. The molecule has 2 aromatic rings. The molecule has 0 saturated heterocycles. The van der Waals surface area contributed by atoms with Gasteiger partial charge in [-0.2, -0.15) is 0 Å². The summed E-state index contributed by atoms with van der Waals surface area (Å²) in [5.74, 6) is -1.25. The van der Waals surface area contributed by atoms with Gasteiger partial charge in [0.15, 0.2) is 0 Å². The minimum atomic E-state index is -3.85. The zero-order valence-corrected chi connectivity index (χ0v) is 11.0. The van der Waals surface area contributed by atoms with Gasteiger partial charge in [0, 0.05) is 6.07 Å². The molecule has 2 rings (SSSR count). The predicted molar refractivity (Wildman–Crippen MR) is 70.2 cm³/mol. The van der Waals surface area contributed by atoms with Crippen LogP contribution in [-0.4, -0.2) is 24.6 Å². The third kappa shape index (κ3) is 3.04. The number of hydrogen-bond acceptors (Lipinski definition) is 5. The second-order valence-electron chi connectivity index (χ2n) is 3.58. The van der Waals surface area contributed by atoms with Gasteiger partial charge in [0.2, 0.25) is 0 Å². The number of phenols is 1. The fraction of sp³-hybridized carbons (Fsp3) is 0. The SMILES string of the molecule is O=C(O)c1ccc(S(=O)(=O)Nc2cccc(O)c2)s1. The van der Waals surface area contributed by atoms with E-state index in [1.54, 1.807) is 0 Å². The lowest BCUT2D eigenvalue weighted by atomic mass is 10.3. The van der Waals surface area contributed by atoms with Crippen LogP contribution in [0.25, 0.3) is 0 Å². The molecule has 8 heteroatoms. The summed E-state index contributed by atoms with van der Waals surface area (Å²) in [5, 5.41) is 18.0. The van der Waals surface area contributed by atoms with Crippen LogP contribution < -0.4 is 4.72 Å². The number of carboxylic acids is 1. The van der Waals surface area contributed by atoms with Gasteiger partial charge in [0.25, 0.3) is 10.0 Å². The molecule has 0 aliphatic rings. The topological polar surface area (TPSA) is 104 Å². The standard InChI is InChI=1S/C11H9NO5S2/c13-8-3-1-2-7(6-8)12-19(16,17)10-5-4-9(18-10)11(14)15/h1-6,12-13H,(H,14,15). The number of hydrogen-bond donors (Lipinski definition) is 3. The highest BCUT2D eigenvalue weighted by Gasteiger charge is 2.19. The van der Waals surface area contributed by atoms with E-state index in [2.05, 4.69) is 4.72 Å². The van der Waals surface area contributed by atoms with Crippen molar-refractivity contribution < 1.29 is 23.4 Å². The van der Waals surface area contributed by atoms with Gasteiger partial charge in [0.1, 0.15) is 14.8 Å². The van der Waals surface area contributed by atoms with Crippen molar-refractivity contribution in [3.8, 4) is 5.75 Å². The van der Waals surface area contributed by atoms with E-state index in [1.165, 1.54) is 36.4 Å². The first-order chi connectivity index (χ1) is 8.88. The Bertz CT molecular complexity index is 720. The second kappa shape index (κ2) is 4.90. The number of carboxylic acid groups (broad SMARTS) is 1. The molecule has 0 aliphatic carbocycles. The van der Waals surface area contributed by atoms with Gasteiger partial charge in [-0.15, -0.1) is 11.3 Å². The second-order valence-corrected chi connectivity index (χ2v) is 6.57. The molecule has 0 fully saturated rings. The van der Waals surface area contributed by atoms with Crippen LogP contribution in [0, 0.1) is 0 Å². The van der Waals surface area contributed by atoms with E-state index in [-0.39, 0.29) is 20.5 Å². The Morgan fingerprint density at radius 2 is 1.95 bits per heavy atom. The first-order valence-corrected chi connectivity index (χ1v) is 7.33. The third-order valence-corrected chi connectivity index (χ3v) is 5.10. The quantitative estimate of drug-likeness (QED) is 0.800. The molecule has 6 nitrogen and oxygen atoms in total. The van der Waals surface area contributed by atoms with E-state index in [9.17, 15) is 18.3 Å². The Kier molecular flexibility index (Phi) is 3.45. The van der Waals surface area contributed by atoms with E-state index in [0.717, 1.165) is 0 Å². The van der Waals surface area contributed by atoms with Gasteiger partial charge in [0.05, 0.1) is 5.69 Å². The predicted octanol–water partition coefficient (Wildman–Crippen LogP) is 1.95. The molecule has 0 unspecified atom stereocenters. The summed E-state index contributed by atoms with van der Waals surface area (Å²) in [5.41, 5.74) is 0.199. The highest BCUT2D eigenvalue weighted by molar-refractivity contribution is 7.94. The van der Waals surface area contributed by atoms with Gasteiger partial charge in [-0.1, -0.05) is 6.07 Å². The molecular formula is C11H9NO5S2. The molecule has 19 heavy (non-hydrogen) atoms. The van der Waals surface area contributed by atoms with Crippen molar-refractivity contribution in [2.24, 2.45) is 0 Å². The molecule has 0 saturated carbocycles. The molecule has 0 amide bonds. The van der Waals surface area contributed by atoms with Crippen molar-refractivity contribution in [2.75, 3.05) is 4.72 Å². The largest absolute Gasteiger partial charge is 0.508 e. The van der Waals surface area contributed by atoms with Gasteiger partial charge < -0.3 is 10.2 Å². The molecule has 0 bridgehead atoms. The maximum atomic E-state index is 12.0. The van der Waals surface area contributed by atoms with E-state index in [1.807, 2.05) is 0 Å². The van der Waals surface area contributed by atoms with Crippen LogP contribution in [0.2, 0.25) is 0 Å². The number of phenolic OH excluding ortho intramolecular Hbond substituents is 1. The number of aromatic carboxylic acids is 1. The van der Waals surface area contributed by atoms with Crippen molar-refractivity contribution >= 4 is 33.0 Å². The Labute approximate surface area is 113 Å². The number of benzene rings is 1. The summed E-state index contributed by atoms with van der Waals surface area (Å²) in [6.45, 7) is 0. The minimum absolute atomic E-state index is 0.0590. The molecule has 1 aromatic carbocycles. The Balaban J connectivity index is 2.29. The summed E-state index contributed by atoms with van der Waals surface area (Å²) >= 11 is 0.659. The van der Waals surface area contributed by atoms with Crippen molar-refractivity contribution in [3.63, 3.8) is 0 Å². The molecular weight excluding hydrogens is 290 g/mol. The van der Waals surface area contributed by atoms with Gasteiger partial charge in [-0.25, -0.2) is 13.2 Å². The number of nitrogens with one attached hydrogen (secondary N) is 1. The van der Waals surface area contributed by atoms with Crippen LogP contribution in [0.1, 0.15) is 9.67 Å². The van der Waals surface area contributed by atoms with Crippen LogP contribution in [0.15, 0.2) is 40.6 Å². The fourth-order valence-corrected chi connectivity index (χ4v) is 3.55. The van der Waals surface area contributed by atoms with E-state index >= 15 is 0 Å². The molecule has 3 N–H and O–H groups in total. The average Bonchev–Trinajstić information content (AvgIpc) is 2.78. The Morgan fingerprint density at radius 1 is 1.21 bits per heavy atom. The number of rotatable bonds is 4. The highest BCUT2D eigenvalue weighted by Crippen LogP contribution is 2.25. The zero-order valence-electron chi connectivity index (χ0n) is 9.40. The fourth-order valence-electron chi connectivity index (χ4n) is 1.35. The number of sulfonamides is 1. The molecule has 100 valence electrons. The van der Waals surface area contributed by atoms with Gasteiger partial charge in [-0.05, 0) is 24.3 Å². The van der Waals surface area contributed by atoms with Gasteiger partial charge in [-0.3, -0.25) is 4.72 Å². The lowest BCUT2D eigenvalue weighted by Gasteiger charge is -2.06. The maximum absolute atomic E-state index is 12.0. The van der Waals surface area contributed by atoms with Crippen LogP contribution in [0.4, 0.5) is 5.69 Å². The molecule has 0 spiro atoms. The van der Waals surface area contributed by atoms with E-state index < -0.39 is 16.0 Å². The Morgan fingerprint density at radius 3 is 2.53 bits per heavy atom. The first kappa shape index (κ1) is 13.4. The van der Waals surface area contributed by atoms with Crippen LogP contribution in [0.3, 0.4) is 0 Å². The van der Waals surface area contributed by atoms with Crippen molar-refractivity contribution in [3.05, 3.63) is 41.3 Å². The lowest BCUT2D eigenvalue weighted by Crippen LogP contribution is -2.11. The van der Waals surface area contributed by atoms with Crippen molar-refractivity contribution in [2.45, 2.75) is 4.21 Å². The normalized spacial score (nSPS) is 11.2. The number of thiophene rings is 1. The summed E-state index contributed by atoms with van der Waals surface area (Å²) in [4.78, 5) is 10.6. The number of anilines is 1. The lowest BCUT2D eigenvalue weighted by molar-refractivity contribution is 0.0702. The molecule has 1 heterocycles. The number of aromatic hydroxyl groups is 1. The molecule has 0 atom stereocenters. The van der Waals surface area contributed by atoms with Crippen LogP contribution in [-0.2, 0) is 10.0 Å². The van der Waals surface area contributed by atoms with E-state index in [4.69, 9.17) is 5.11 Å². The smallest absolute Gasteiger partial charge is 0.345 e. The third-order valence-electron chi connectivity index (χ3n) is 2.16. The number of carbonyl (C=O) groups is 1. The average molecular weight is 299 g/mol. The molecule has 0 radical (unpaired) electrons. The monoisotopic (exact) mass is 299 g/mol. The summed E-state index contributed by atoms with van der Waals surface area (Å²) in [6.07, 6.45) is 0. The summed E-state index contributed by atoms with van der Waals surface area (Å²) in [7, 11) is -3.85. The summed E-state index contributed by atoms with van der Waals surface area (Å²) in [6, 6.07) is 8.07. The van der Waals surface area contributed by atoms with Crippen molar-refractivity contribution in [1.29, 1.82) is 0 Å². The first-order valence-electron chi connectivity index (χ1n) is 5.03. The van der Waals surface area contributed by atoms with Crippen molar-refractivity contribution in [1.82, 2.24) is 0 Å².